The molecule has 2 amide bonds. The molecule has 148 valence electrons. The summed E-state index contributed by atoms with van der Waals surface area (Å²) in [6.07, 6.45) is 4.76. The molecule has 0 atom stereocenters. The Labute approximate surface area is 169 Å². The summed E-state index contributed by atoms with van der Waals surface area (Å²) in [5, 5.41) is 3.59. The van der Waals surface area contributed by atoms with Crippen LogP contribution in [0.3, 0.4) is 0 Å². The van der Waals surface area contributed by atoms with Crippen LogP contribution in [0.4, 0.5) is 0 Å². The number of aryl methyl sites for hydroxylation is 1. The van der Waals surface area contributed by atoms with Gasteiger partial charge < -0.3 is 15.0 Å². The molecule has 1 aliphatic rings. The fourth-order valence-corrected chi connectivity index (χ4v) is 3.46. The van der Waals surface area contributed by atoms with E-state index in [1.165, 1.54) is 0 Å². The summed E-state index contributed by atoms with van der Waals surface area (Å²) in [5.74, 6) is 0.551. The Morgan fingerprint density at radius 1 is 1.29 bits per heavy atom. The van der Waals surface area contributed by atoms with Gasteiger partial charge in [0.2, 0.25) is 5.91 Å². The average Bonchev–Trinajstić information content (AvgIpc) is 2.72. The van der Waals surface area contributed by atoms with Gasteiger partial charge in [0.05, 0.1) is 0 Å². The molecule has 3 rings (SSSR count). The van der Waals surface area contributed by atoms with Crippen molar-refractivity contribution in [1.82, 2.24) is 15.2 Å². The number of halogens is 1. The number of benzene rings is 1. The van der Waals surface area contributed by atoms with Crippen LogP contribution in [0, 0.1) is 12.8 Å². The van der Waals surface area contributed by atoms with Crippen LogP contribution < -0.4 is 10.1 Å². The zero-order valence-electron chi connectivity index (χ0n) is 15.9. The van der Waals surface area contributed by atoms with Crippen LogP contribution in [0.5, 0.6) is 5.75 Å². The largest absolute Gasteiger partial charge is 0.483 e. The quantitative estimate of drug-likeness (QED) is 0.807. The lowest BCUT2D eigenvalue weighted by Gasteiger charge is -2.31. The molecular formula is C21H24ClN3O3. The molecule has 0 saturated carbocycles. The first-order valence-corrected chi connectivity index (χ1v) is 9.74. The molecule has 0 unspecified atom stereocenters. The lowest BCUT2D eigenvalue weighted by Crippen LogP contribution is -2.44. The Bertz CT molecular complexity index is 821. The first-order chi connectivity index (χ1) is 13.5. The van der Waals surface area contributed by atoms with E-state index in [1.54, 1.807) is 35.5 Å². The van der Waals surface area contributed by atoms with Crippen molar-refractivity contribution >= 4 is 23.4 Å². The molecule has 1 aliphatic heterocycles. The highest BCUT2D eigenvalue weighted by atomic mass is 35.5. The van der Waals surface area contributed by atoms with Crippen molar-refractivity contribution in [3.63, 3.8) is 0 Å². The Morgan fingerprint density at radius 2 is 2.07 bits per heavy atom. The van der Waals surface area contributed by atoms with E-state index in [2.05, 4.69) is 10.3 Å². The SMILES string of the molecule is Cc1cc(Cl)ccc1OCC(=O)N1CCC(C(=O)NCc2cccnc2)CC1. The molecule has 28 heavy (non-hydrogen) atoms. The van der Waals surface area contributed by atoms with E-state index < -0.39 is 0 Å². The molecule has 1 fully saturated rings. The summed E-state index contributed by atoms with van der Waals surface area (Å²) in [6, 6.07) is 9.08. The maximum atomic E-state index is 12.4. The lowest BCUT2D eigenvalue weighted by molar-refractivity contribution is -0.137. The summed E-state index contributed by atoms with van der Waals surface area (Å²) in [4.78, 5) is 30.6. The zero-order valence-corrected chi connectivity index (χ0v) is 16.6. The molecule has 2 aromatic rings. The second-order valence-electron chi connectivity index (χ2n) is 6.93. The fourth-order valence-electron chi connectivity index (χ4n) is 3.23. The van der Waals surface area contributed by atoms with E-state index in [-0.39, 0.29) is 24.3 Å². The van der Waals surface area contributed by atoms with Crippen LogP contribution in [0.1, 0.15) is 24.0 Å². The summed E-state index contributed by atoms with van der Waals surface area (Å²) in [6.45, 7) is 3.47. The molecule has 6 nitrogen and oxygen atoms in total. The van der Waals surface area contributed by atoms with Crippen molar-refractivity contribution in [1.29, 1.82) is 0 Å². The number of rotatable bonds is 6. The van der Waals surface area contributed by atoms with Gasteiger partial charge in [0.15, 0.2) is 6.61 Å². The topological polar surface area (TPSA) is 71.5 Å². The number of carbonyl (C=O) groups is 2. The average molecular weight is 402 g/mol. The van der Waals surface area contributed by atoms with Gasteiger partial charge in [-0.25, -0.2) is 0 Å². The number of carbonyl (C=O) groups excluding carboxylic acids is 2. The third-order valence-electron chi connectivity index (χ3n) is 4.90. The van der Waals surface area contributed by atoms with Crippen molar-refractivity contribution in [2.24, 2.45) is 5.92 Å². The highest BCUT2D eigenvalue weighted by Crippen LogP contribution is 2.22. The van der Waals surface area contributed by atoms with E-state index in [4.69, 9.17) is 16.3 Å². The Hall–Kier alpha value is -2.60. The maximum Gasteiger partial charge on any atom is 0.260 e. The monoisotopic (exact) mass is 401 g/mol. The number of nitrogens with zero attached hydrogens (tertiary/aromatic N) is 2. The third kappa shape index (κ3) is 5.45. The normalized spacial score (nSPS) is 14.6. The molecule has 0 bridgehead atoms. The minimum Gasteiger partial charge on any atom is -0.483 e. The summed E-state index contributed by atoms with van der Waals surface area (Å²) >= 11 is 5.93. The molecular weight excluding hydrogens is 378 g/mol. The summed E-state index contributed by atoms with van der Waals surface area (Å²) in [5.41, 5.74) is 1.86. The highest BCUT2D eigenvalue weighted by Gasteiger charge is 2.27. The van der Waals surface area contributed by atoms with Crippen LogP contribution in [-0.4, -0.2) is 41.4 Å². The van der Waals surface area contributed by atoms with Gasteiger partial charge in [-0.3, -0.25) is 14.6 Å². The fraction of sp³-hybridized carbons (Fsp3) is 0.381. The molecule has 0 aliphatic carbocycles. The van der Waals surface area contributed by atoms with E-state index >= 15 is 0 Å². The van der Waals surface area contributed by atoms with Crippen molar-refractivity contribution in [2.45, 2.75) is 26.3 Å². The number of aromatic nitrogens is 1. The van der Waals surface area contributed by atoms with Crippen LogP contribution in [0.2, 0.25) is 5.02 Å². The second-order valence-corrected chi connectivity index (χ2v) is 7.37. The van der Waals surface area contributed by atoms with Gasteiger partial charge in [-0.05, 0) is 55.2 Å². The number of nitrogens with one attached hydrogen (secondary N) is 1. The Balaban J connectivity index is 1.41. The molecule has 1 saturated heterocycles. The molecule has 0 radical (unpaired) electrons. The third-order valence-corrected chi connectivity index (χ3v) is 5.13. The molecule has 7 heteroatoms. The second kappa shape index (κ2) is 9.55. The van der Waals surface area contributed by atoms with Gasteiger partial charge in [-0.2, -0.15) is 0 Å². The van der Waals surface area contributed by atoms with E-state index in [0.29, 0.717) is 43.2 Å². The van der Waals surface area contributed by atoms with Crippen molar-refractivity contribution in [3.05, 3.63) is 58.9 Å². The minimum absolute atomic E-state index is 0.0135. The van der Waals surface area contributed by atoms with Crippen LogP contribution in [0.25, 0.3) is 0 Å². The Kier molecular flexibility index (Phi) is 6.87. The van der Waals surface area contributed by atoms with E-state index in [1.807, 2.05) is 19.1 Å². The number of pyridine rings is 1. The number of piperidine rings is 1. The van der Waals surface area contributed by atoms with Crippen LogP contribution in [0.15, 0.2) is 42.7 Å². The first kappa shape index (κ1) is 20.1. The van der Waals surface area contributed by atoms with E-state index in [9.17, 15) is 9.59 Å². The van der Waals surface area contributed by atoms with Crippen molar-refractivity contribution in [2.75, 3.05) is 19.7 Å². The molecule has 1 aromatic carbocycles. The number of amides is 2. The van der Waals surface area contributed by atoms with Gasteiger partial charge in [-0.15, -0.1) is 0 Å². The number of hydrogen-bond donors (Lipinski definition) is 1. The minimum atomic E-state index is -0.0693. The van der Waals surface area contributed by atoms with Crippen molar-refractivity contribution in [3.8, 4) is 5.75 Å². The predicted octanol–water partition coefficient (Wildman–Crippen LogP) is 2.98. The van der Waals surface area contributed by atoms with Gasteiger partial charge in [0, 0.05) is 43.0 Å². The molecule has 2 heterocycles. The first-order valence-electron chi connectivity index (χ1n) is 9.36. The van der Waals surface area contributed by atoms with Gasteiger partial charge in [0.25, 0.3) is 5.91 Å². The maximum absolute atomic E-state index is 12.4. The molecule has 1 aromatic heterocycles. The zero-order chi connectivity index (χ0) is 19.9. The van der Waals surface area contributed by atoms with Gasteiger partial charge >= 0.3 is 0 Å². The number of hydrogen-bond acceptors (Lipinski definition) is 4. The number of ether oxygens (including phenoxy) is 1. The van der Waals surface area contributed by atoms with Crippen LogP contribution >= 0.6 is 11.6 Å². The number of likely N-dealkylation sites (tertiary alicyclic amines) is 1. The molecule has 0 spiro atoms. The van der Waals surface area contributed by atoms with Crippen LogP contribution in [-0.2, 0) is 16.1 Å². The lowest BCUT2D eigenvalue weighted by atomic mass is 9.96. The molecule has 1 N–H and O–H groups in total. The smallest absolute Gasteiger partial charge is 0.260 e. The summed E-state index contributed by atoms with van der Waals surface area (Å²) < 4.78 is 5.63. The van der Waals surface area contributed by atoms with Gasteiger partial charge in [0.1, 0.15) is 5.75 Å². The van der Waals surface area contributed by atoms with Crippen molar-refractivity contribution < 1.29 is 14.3 Å². The van der Waals surface area contributed by atoms with E-state index in [0.717, 1.165) is 11.1 Å². The Morgan fingerprint density at radius 3 is 2.75 bits per heavy atom. The van der Waals surface area contributed by atoms with Gasteiger partial charge in [-0.1, -0.05) is 17.7 Å². The predicted molar refractivity (Wildman–Crippen MR) is 107 cm³/mol. The highest BCUT2D eigenvalue weighted by molar-refractivity contribution is 6.30. The standard InChI is InChI=1S/C21H24ClN3O3/c1-15-11-18(22)4-5-19(15)28-14-20(26)25-9-6-17(7-10-25)21(27)24-13-16-3-2-8-23-12-16/h2-5,8,11-12,17H,6-7,9-10,13-14H2,1H3,(H,24,27). The summed E-state index contributed by atoms with van der Waals surface area (Å²) in [7, 11) is 0.